The molecule has 2 amide bonds. The first-order valence-electron chi connectivity index (χ1n) is 11.0. The molecule has 0 fully saturated rings. The number of aromatic nitrogens is 1. The molecule has 0 aliphatic rings. The van der Waals surface area contributed by atoms with Crippen LogP contribution in [0.15, 0.2) is 41.9 Å². The molecule has 2 atom stereocenters. The average Bonchev–Trinajstić information content (AvgIpc) is 3.23. The molecule has 0 unspecified atom stereocenters. The molecule has 182 valence electrons. The number of nitrogens with zero attached hydrogens (tertiary/aromatic N) is 2. The summed E-state index contributed by atoms with van der Waals surface area (Å²) >= 11 is 1.40. The number of ether oxygens (including phenoxy) is 2. The minimum absolute atomic E-state index is 0.00216. The highest BCUT2D eigenvalue weighted by molar-refractivity contribution is 7.09. The van der Waals surface area contributed by atoms with E-state index in [1.807, 2.05) is 49.6 Å². The molecular formula is C24H35N3O5S. The summed E-state index contributed by atoms with van der Waals surface area (Å²) in [6.45, 7) is 9.76. The lowest BCUT2D eigenvalue weighted by molar-refractivity contribution is 0.0323. The summed E-state index contributed by atoms with van der Waals surface area (Å²) in [6, 6.07) is 8.87. The lowest BCUT2D eigenvalue weighted by Gasteiger charge is -2.31. The van der Waals surface area contributed by atoms with Crippen LogP contribution in [0.3, 0.4) is 0 Å². The Kier molecular flexibility index (Phi) is 10.1. The molecule has 0 spiro atoms. The Bertz CT molecular complexity index is 853. The predicted octanol–water partition coefficient (Wildman–Crippen LogP) is 4.23. The molecule has 9 heteroatoms. The van der Waals surface area contributed by atoms with E-state index in [1.165, 1.54) is 16.2 Å². The van der Waals surface area contributed by atoms with Crippen LogP contribution in [-0.4, -0.2) is 58.0 Å². The molecule has 1 heterocycles. The molecule has 2 N–H and O–H groups in total. The molecule has 0 saturated heterocycles. The minimum atomic E-state index is -1.04. The van der Waals surface area contributed by atoms with E-state index in [0.29, 0.717) is 18.0 Å². The Morgan fingerprint density at radius 1 is 1.18 bits per heavy atom. The normalized spacial score (nSPS) is 13.3. The number of carbonyl (C=O) groups excluding carboxylic acids is 2. The van der Waals surface area contributed by atoms with Crippen LogP contribution in [0.25, 0.3) is 0 Å². The van der Waals surface area contributed by atoms with Gasteiger partial charge in [-0.3, -0.25) is 0 Å². The minimum Gasteiger partial charge on any atom is -0.444 e. The summed E-state index contributed by atoms with van der Waals surface area (Å²) in [5.74, 6) is 0.163. The quantitative estimate of drug-likeness (QED) is 0.531. The van der Waals surface area contributed by atoms with E-state index in [4.69, 9.17) is 9.47 Å². The van der Waals surface area contributed by atoms with Crippen LogP contribution in [0.5, 0.6) is 0 Å². The second-order valence-corrected chi connectivity index (χ2v) is 10.3. The van der Waals surface area contributed by atoms with Crippen LogP contribution in [0.1, 0.15) is 45.2 Å². The van der Waals surface area contributed by atoms with Gasteiger partial charge >= 0.3 is 12.2 Å². The van der Waals surface area contributed by atoms with Crippen LogP contribution in [0.4, 0.5) is 9.59 Å². The number of rotatable bonds is 10. The molecular weight excluding hydrogens is 442 g/mol. The number of hydrogen-bond acceptors (Lipinski definition) is 7. The Hall–Kier alpha value is -2.65. The molecule has 8 nitrogen and oxygen atoms in total. The maximum Gasteiger partial charge on any atom is 0.410 e. The van der Waals surface area contributed by atoms with Crippen LogP contribution in [0, 0.1) is 5.92 Å². The lowest BCUT2D eigenvalue weighted by atomic mass is 10.0. The largest absolute Gasteiger partial charge is 0.444 e. The van der Waals surface area contributed by atoms with Gasteiger partial charge in [-0.25, -0.2) is 14.6 Å². The highest BCUT2D eigenvalue weighted by Crippen LogP contribution is 2.13. The summed E-state index contributed by atoms with van der Waals surface area (Å²) in [6.07, 6.45) is -0.160. The van der Waals surface area contributed by atoms with Gasteiger partial charge in [0.15, 0.2) is 0 Å². The predicted molar refractivity (Wildman–Crippen MR) is 128 cm³/mol. The standard InChI is InChI=1S/C24H35N3O5S/c1-17(2)14-27(23(30)31-16-21-25-11-12-33-21)15-20(28)19(13-18-9-7-6-8-10-18)26-22(29)32-24(3,4)5/h6-12,17,19-20,28H,13-16H2,1-5H3,(H,26,29)/t19-,20+/m0/s1. The van der Waals surface area contributed by atoms with Crippen molar-refractivity contribution in [3.8, 4) is 0 Å². The van der Waals surface area contributed by atoms with E-state index in [9.17, 15) is 14.7 Å². The number of benzene rings is 1. The maximum absolute atomic E-state index is 12.8. The molecule has 33 heavy (non-hydrogen) atoms. The summed E-state index contributed by atoms with van der Waals surface area (Å²) in [5, 5.41) is 16.4. The van der Waals surface area contributed by atoms with E-state index in [2.05, 4.69) is 10.3 Å². The van der Waals surface area contributed by atoms with Crippen molar-refractivity contribution in [2.75, 3.05) is 13.1 Å². The van der Waals surface area contributed by atoms with E-state index >= 15 is 0 Å². The van der Waals surface area contributed by atoms with E-state index < -0.39 is 29.9 Å². The first kappa shape index (κ1) is 26.6. The number of hydrogen-bond donors (Lipinski definition) is 2. The summed E-state index contributed by atoms with van der Waals surface area (Å²) < 4.78 is 10.8. The molecule has 1 aromatic heterocycles. The first-order chi connectivity index (χ1) is 15.5. The third kappa shape index (κ3) is 10.2. The van der Waals surface area contributed by atoms with Gasteiger partial charge in [0.1, 0.15) is 17.2 Å². The molecule has 0 aliphatic carbocycles. The fourth-order valence-electron chi connectivity index (χ4n) is 3.17. The molecule has 0 saturated carbocycles. The van der Waals surface area contributed by atoms with Crippen molar-refractivity contribution in [3.05, 3.63) is 52.5 Å². The summed E-state index contributed by atoms with van der Waals surface area (Å²) in [4.78, 5) is 30.8. The third-order valence-electron chi connectivity index (χ3n) is 4.52. The van der Waals surface area contributed by atoms with Gasteiger partial charge < -0.3 is 24.8 Å². The third-order valence-corrected chi connectivity index (χ3v) is 5.27. The van der Waals surface area contributed by atoms with Crippen LogP contribution in [-0.2, 0) is 22.5 Å². The van der Waals surface area contributed by atoms with Gasteiger partial charge in [0.25, 0.3) is 0 Å². The zero-order chi connectivity index (χ0) is 24.4. The fourth-order valence-corrected chi connectivity index (χ4v) is 3.69. The van der Waals surface area contributed by atoms with Gasteiger partial charge in [-0.15, -0.1) is 11.3 Å². The van der Waals surface area contributed by atoms with Crippen molar-refractivity contribution < 1.29 is 24.2 Å². The van der Waals surface area contributed by atoms with E-state index in [1.54, 1.807) is 27.0 Å². The van der Waals surface area contributed by atoms with Crippen molar-refractivity contribution in [2.24, 2.45) is 5.92 Å². The van der Waals surface area contributed by atoms with Crippen molar-refractivity contribution in [3.63, 3.8) is 0 Å². The SMILES string of the molecule is CC(C)CN(C[C@@H](O)[C@H](Cc1ccccc1)NC(=O)OC(C)(C)C)C(=O)OCc1nccs1. The highest BCUT2D eigenvalue weighted by Gasteiger charge is 2.29. The second-order valence-electron chi connectivity index (χ2n) is 9.29. The van der Waals surface area contributed by atoms with Crippen molar-refractivity contribution in [1.29, 1.82) is 0 Å². The Balaban J connectivity index is 2.11. The molecule has 1 aromatic carbocycles. The van der Waals surface area contributed by atoms with Crippen LogP contribution in [0.2, 0.25) is 0 Å². The number of alkyl carbamates (subject to hydrolysis) is 1. The van der Waals surface area contributed by atoms with Gasteiger partial charge in [0.2, 0.25) is 0 Å². The topological polar surface area (TPSA) is 101 Å². The Morgan fingerprint density at radius 2 is 1.88 bits per heavy atom. The number of thiazole rings is 1. The maximum atomic E-state index is 12.8. The van der Waals surface area contributed by atoms with Crippen LogP contribution < -0.4 is 5.32 Å². The zero-order valence-corrected chi connectivity index (χ0v) is 20.8. The van der Waals surface area contributed by atoms with E-state index in [0.717, 1.165) is 5.56 Å². The molecule has 0 aliphatic heterocycles. The molecule has 0 radical (unpaired) electrons. The molecule has 2 aromatic rings. The van der Waals surface area contributed by atoms with Crippen molar-refractivity contribution in [1.82, 2.24) is 15.2 Å². The zero-order valence-electron chi connectivity index (χ0n) is 20.0. The van der Waals surface area contributed by atoms with Crippen molar-refractivity contribution in [2.45, 2.75) is 65.4 Å². The fraction of sp³-hybridized carbons (Fsp3) is 0.542. The molecule has 0 bridgehead atoms. The lowest BCUT2D eigenvalue weighted by Crippen LogP contribution is -2.52. The number of aliphatic hydroxyl groups is 1. The van der Waals surface area contributed by atoms with Gasteiger partial charge in [-0.05, 0) is 38.7 Å². The Labute approximate surface area is 199 Å². The van der Waals surface area contributed by atoms with Gasteiger partial charge in [-0.2, -0.15) is 0 Å². The van der Waals surface area contributed by atoms with Gasteiger partial charge in [-0.1, -0.05) is 44.2 Å². The summed E-state index contributed by atoms with van der Waals surface area (Å²) in [5.41, 5.74) is 0.273. The number of carbonyl (C=O) groups is 2. The van der Waals surface area contributed by atoms with E-state index in [-0.39, 0.29) is 19.1 Å². The van der Waals surface area contributed by atoms with Crippen LogP contribution >= 0.6 is 11.3 Å². The smallest absolute Gasteiger partial charge is 0.410 e. The van der Waals surface area contributed by atoms with Gasteiger partial charge in [0, 0.05) is 18.1 Å². The average molecular weight is 478 g/mol. The first-order valence-corrected chi connectivity index (χ1v) is 11.9. The highest BCUT2D eigenvalue weighted by atomic mass is 32.1. The Morgan fingerprint density at radius 3 is 2.45 bits per heavy atom. The van der Waals surface area contributed by atoms with Gasteiger partial charge in [0.05, 0.1) is 18.7 Å². The number of aliphatic hydroxyl groups excluding tert-OH is 1. The van der Waals surface area contributed by atoms with Crippen molar-refractivity contribution >= 4 is 23.5 Å². The second kappa shape index (κ2) is 12.6. The number of nitrogens with one attached hydrogen (secondary N) is 1. The monoisotopic (exact) mass is 477 g/mol. The summed E-state index contributed by atoms with van der Waals surface area (Å²) in [7, 11) is 0. The molecule has 2 rings (SSSR count). The number of amides is 2.